The summed E-state index contributed by atoms with van der Waals surface area (Å²) in [6, 6.07) is 10.1. The van der Waals surface area contributed by atoms with E-state index in [1.54, 1.807) is 11.3 Å². The second-order valence-corrected chi connectivity index (χ2v) is 6.10. The summed E-state index contributed by atoms with van der Waals surface area (Å²) >= 11 is 1.58. The first-order valence-corrected chi connectivity index (χ1v) is 7.90. The molecule has 0 aliphatic carbocycles. The van der Waals surface area contributed by atoms with E-state index in [9.17, 15) is 4.79 Å². The van der Waals surface area contributed by atoms with Crippen molar-refractivity contribution in [3.63, 3.8) is 0 Å². The van der Waals surface area contributed by atoms with Crippen molar-refractivity contribution >= 4 is 22.4 Å². The van der Waals surface area contributed by atoms with Crippen LogP contribution in [0.3, 0.4) is 0 Å². The summed E-state index contributed by atoms with van der Waals surface area (Å²) in [5, 5.41) is 11.9. The fourth-order valence-electron chi connectivity index (χ4n) is 1.96. The van der Waals surface area contributed by atoms with Gasteiger partial charge in [-0.05, 0) is 11.5 Å². The van der Waals surface area contributed by atoms with Crippen molar-refractivity contribution in [2.24, 2.45) is 0 Å². The first-order valence-electron chi connectivity index (χ1n) is 7.02. The zero-order chi connectivity index (χ0) is 15.2. The average molecular weight is 304 g/mol. The Labute approximate surface area is 129 Å². The summed E-state index contributed by atoms with van der Waals surface area (Å²) in [5.41, 5.74) is 2.22. The molecule has 2 aromatic rings. The summed E-state index contributed by atoms with van der Waals surface area (Å²) < 4.78 is 0. The van der Waals surface area contributed by atoms with Gasteiger partial charge in [-0.2, -0.15) is 0 Å². The van der Waals surface area contributed by atoms with Gasteiger partial charge in [0.2, 0.25) is 0 Å². The van der Waals surface area contributed by atoms with Crippen LogP contribution < -0.4 is 4.90 Å². The number of benzene rings is 1. The lowest BCUT2D eigenvalue weighted by atomic mass is 10.2. The largest absolute Gasteiger partial charge is 0.481 e. The molecule has 0 fully saturated rings. The molecule has 0 spiro atoms. The Morgan fingerprint density at radius 1 is 1.33 bits per heavy atom. The molecule has 0 saturated carbocycles. The molecule has 5 heteroatoms. The van der Waals surface area contributed by atoms with E-state index >= 15 is 0 Å². The van der Waals surface area contributed by atoms with E-state index in [1.807, 2.05) is 35.2 Å². The van der Waals surface area contributed by atoms with Crippen LogP contribution in [0.4, 0.5) is 5.13 Å². The molecule has 0 radical (unpaired) electrons. The molecular weight excluding hydrogens is 284 g/mol. The smallest absolute Gasteiger partial charge is 0.305 e. The Hall–Kier alpha value is -1.88. The summed E-state index contributed by atoms with van der Waals surface area (Å²) in [5.74, 6) is -0.401. The SMILES string of the molecule is CC(C)c1csc(N(CCC(=O)O)Cc2ccccc2)n1. The molecular formula is C16H20N2O2S. The van der Waals surface area contributed by atoms with Gasteiger partial charge in [-0.3, -0.25) is 4.79 Å². The molecule has 21 heavy (non-hydrogen) atoms. The van der Waals surface area contributed by atoms with Crippen LogP contribution in [-0.4, -0.2) is 22.6 Å². The number of carbonyl (C=O) groups is 1. The highest BCUT2D eigenvalue weighted by Crippen LogP contribution is 2.26. The molecule has 0 amide bonds. The second-order valence-electron chi connectivity index (χ2n) is 5.26. The van der Waals surface area contributed by atoms with Gasteiger partial charge in [0.15, 0.2) is 5.13 Å². The lowest BCUT2D eigenvalue weighted by Gasteiger charge is -2.21. The number of hydrogen-bond acceptors (Lipinski definition) is 4. The molecule has 0 saturated heterocycles. The van der Waals surface area contributed by atoms with E-state index < -0.39 is 5.97 Å². The number of rotatable bonds is 7. The van der Waals surface area contributed by atoms with Crippen LogP contribution in [0.5, 0.6) is 0 Å². The minimum Gasteiger partial charge on any atom is -0.481 e. The summed E-state index contributed by atoms with van der Waals surface area (Å²) in [4.78, 5) is 17.5. The molecule has 112 valence electrons. The van der Waals surface area contributed by atoms with Crippen LogP contribution in [0.1, 0.15) is 37.4 Å². The lowest BCUT2D eigenvalue weighted by Crippen LogP contribution is -2.25. The molecule has 0 aliphatic heterocycles. The Bertz CT molecular complexity index is 581. The van der Waals surface area contributed by atoms with E-state index in [2.05, 4.69) is 24.2 Å². The third-order valence-electron chi connectivity index (χ3n) is 3.18. The van der Waals surface area contributed by atoms with E-state index in [4.69, 9.17) is 5.11 Å². The fourth-order valence-corrected chi connectivity index (χ4v) is 2.98. The zero-order valence-electron chi connectivity index (χ0n) is 12.3. The molecule has 0 atom stereocenters. The third kappa shape index (κ3) is 4.56. The highest BCUT2D eigenvalue weighted by atomic mass is 32.1. The van der Waals surface area contributed by atoms with Crippen LogP contribution in [0.2, 0.25) is 0 Å². The molecule has 0 aliphatic rings. The average Bonchev–Trinajstić information content (AvgIpc) is 2.94. The fraction of sp³-hybridized carbons (Fsp3) is 0.375. The van der Waals surface area contributed by atoms with E-state index in [-0.39, 0.29) is 6.42 Å². The van der Waals surface area contributed by atoms with Gasteiger partial charge in [-0.25, -0.2) is 4.98 Å². The van der Waals surface area contributed by atoms with Crippen LogP contribution in [0.15, 0.2) is 35.7 Å². The van der Waals surface area contributed by atoms with Crippen molar-refractivity contribution in [2.45, 2.75) is 32.7 Å². The van der Waals surface area contributed by atoms with Crippen molar-refractivity contribution in [3.05, 3.63) is 47.0 Å². The van der Waals surface area contributed by atoms with Crippen LogP contribution in [0, 0.1) is 0 Å². The van der Waals surface area contributed by atoms with Crippen molar-refractivity contribution in [1.29, 1.82) is 0 Å². The molecule has 1 heterocycles. The summed E-state index contributed by atoms with van der Waals surface area (Å²) in [6.45, 7) is 5.36. The Balaban J connectivity index is 2.16. The van der Waals surface area contributed by atoms with Gasteiger partial charge in [-0.1, -0.05) is 44.2 Å². The van der Waals surface area contributed by atoms with E-state index in [0.717, 1.165) is 16.4 Å². The summed E-state index contributed by atoms with van der Waals surface area (Å²) in [6.07, 6.45) is 0.115. The predicted octanol–water partition coefficient (Wildman–Crippen LogP) is 3.75. The van der Waals surface area contributed by atoms with Gasteiger partial charge in [0, 0.05) is 18.5 Å². The number of thiazole rings is 1. The number of carboxylic acids is 1. The van der Waals surface area contributed by atoms with Gasteiger partial charge in [0.25, 0.3) is 0 Å². The van der Waals surface area contributed by atoms with Crippen LogP contribution in [-0.2, 0) is 11.3 Å². The maximum absolute atomic E-state index is 10.9. The zero-order valence-corrected chi connectivity index (χ0v) is 13.1. The van der Waals surface area contributed by atoms with Gasteiger partial charge >= 0.3 is 5.97 Å². The van der Waals surface area contributed by atoms with E-state index in [1.165, 1.54) is 0 Å². The topological polar surface area (TPSA) is 53.4 Å². The normalized spacial score (nSPS) is 10.8. The van der Waals surface area contributed by atoms with Gasteiger partial charge in [0.05, 0.1) is 12.1 Å². The second kappa shape index (κ2) is 7.22. The minimum absolute atomic E-state index is 0.115. The number of aliphatic carboxylic acids is 1. The molecule has 0 bridgehead atoms. The van der Waals surface area contributed by atoms with Gasteiger partial charge in [0.1, 0.15) is 0 Å². The molecule has 0 unspecified atom stereocenters. The highest BCUT2D eigenvalue weighted by molar-refractivity contribution is 7.13. The van der Waals surface area contributed by atoms with Gasteiger partial charge in [-0.15, -0.1) is 11.3 Å². The standard InChI is InChI=1S/C16H20N2O2S/c1-12(2)14-11-21-16(17-14)18(9-8-15(19)20)10-13-6-4-3-5-7-13/h3-7,11-12H,8-10H2,1-2H3,(H,19,20). The van der Waals surface area contributed by atoms with Crippen molar-refractivity contribution in [2.75, 3.05) is 11.4 Å². The molecule has 1 aromatic heterocycles. The summed E-state index contributed by atoms with van der Waals surface area (Å²) in [7, 11) is 0. The predicted molar refractivity (Wildman–Crippen MR) is 85.9 cm³/mol. The third-order valence-corrected chi connectivity index (χ3v) is 4.10. The number of carboxylic acid groups (broad SMARTS) is 1. The Morgan fingerprint density at radius 3 is 2.62 bits per heavy atom. The maximum atomic E-state index is 10.9. The van der Waals surface area contributed by atoms with Crippen molar-refractivity contribution in [3.8, 4) is 0 Å². The Morgan fingerprint density at radius 2 is 2.05 bits per heavy atom. The number of nitrogens with zero attached hydrogens (tertiary/aromatic N) is 2. The number of aromatic nitrogens is 1. The number of hydrogen-bond donors (Lipinski definition) is 1. The minimum atomic E-state index is -0.784. The molecule has 1 aromatic carbocycles. The molecule has 2 rings (SSSR count). The first kappa shape index (κ1) is 15.5. The quantitative estimate of drug-likeness (QED) is 0.846. The molecule has 1 N–H and O–H groups in total. The highest BCUT2D eigenvalue weighted by Gasteiger charge is 2.14. The number of anilines is 1. The molecule has 4 nitrogen and oxygen atoms in total. The lowest BCUT2D eigenvalue weighted by molar-refractivity contribution is -0.136. The van der Waals surface area contributed by atoms with Crippen LogP contribution in [0.25, 0.3) is 0 Å². The Kier molecular flexibility index (Phi) is 5.33. The van der Waals surface area contributed by atoms with Crippen molar-refractivity contribution in [1.82, 2.24) is 4.98 Å². The van der Waals surface area contributed by atoms with Crippen LogP contribution >= 0.6 is 11.3 Å². The van der Waals surface area contributed by atoms with Crippen molar-refractivity contribution < 1.29 is 9.90 Å². The van der Waals surface area contributed by atoms with E-state index in [0.29, 0.717) is 19.0 Å². The maximum Gasteiger partial charge on any atom is 0.305 e. The monoisotopic (exact) mass is 304 g/mol. The first-order chi connectivity index (χ1) is 10.1. The van der Waals surface area contributed by atoms with Gasteiger partial charge < -0.3 is 10.0 Å².